The zero-order valence-electron chi connectivity index (χ0n) is 23.1. The molecule has 0 unspecified atom stereocenters. The molecule has 3 aromatic carbocycles. The number of imide groups is 1. The van der Waals surface area contributed by atoms with Crippen molar-refractivity contribution in [1.82, 2.24) is 15.1 Å². The van der Waals surface area contributed by atoms with Crippen LogP contribution in [0.2, 0.25) is 10.0 Å². The second kappa shape index (κ2) is 13.8. The second-order valence-electron chi connectivity index (χ2n) is 10.2. The summed E-state index contributed by atoms with van der Waals surface area (Å²) in [4.78, 5) is 55.8. The van der Waals surface area contributed by atoms with Crippen LogP contribution in [-0.4, -0.2) is 52.1 Å². The maximum Gasteiger partial charge on any atom is 0.261 e. The van der Waals surface area contributed by atoms with Crippen LogP contribution in [0, 0.1) is 0 Å². The molecule has 1 aliphatic rings. The Morgan fingerprint density at radius 1 is 0.878 bits per heavy atom. The van der Waals surface area contributed by atoms with Crippen molar-refractivity contribution in [2.45, 2.75) is 58.2 Å². The number of nitrogens with one attached hydrogen (secondary N) is 1. The molecule has 4 amide bonds. The minimum absolute atomic E-state index is 0.0113. The Labute approximate surface area is 250 Å². The van der Waals surface area contributed by atoms with Crippen molar-refractivity contribution in [1.29, 1.82) is 0 Å². The lowest BCUT2D eigenvalue weighted by molar-refractivity contribution is -0.141. The highest BCUT2D eigenvalue weighted by atomic mass is 35.5. The van der Waals surface area contributed by atoms with Crippen molar-refractivity contribution in [3.05, 3.63) is 105 Å². The number of hydrogen-bond donors (Lipinski definition) is 1. The molecule has 1 N–H and O–H groups in total. The minimum atomic E-state index is -0.842. The van der Waals surface area contributed by atoms with Crippen molar-refractivity contribution < 1.29 is 19.2 Å². The lowest BCUT2D eigenvalue weighted by atomic mass is 10.0. The van der Waals surface area contributed by atoms with Crippen LogP contribution in [0.25, 0.3) is 0 Å². The van der Waals surface area contributed by atoms with E-state index < -0.39 is 6.04 Å². The molecule has 2 atom stereocenters. The molecule has 0 saturated carbocycles. The molecule has 3 aromatic rings. The van der Waals surface area contributed by atoms with E-state index in [9.17, 15) is 19.2 Å². The fraction of sp³-hybridized carbons (Fsp3) is 0.312. The Bertz CT molecular complexity index is 1370. The summed E-state index contributed by atoms with van der Waals surface area (Å²) >= 11 is 13.0. The van der Waals surface area contributed by atoms with Crippen molar-refractivity contribution in [2.75, 3.05) is 6.54 Å². The number of nitrogens with zero attached hydrogens (tertiary/aromatic N) is 2. The summed E-state index contributed by atoms with van der Waals surface area (Å²) < 4.78 is 0. The number of benzene rings is 3. The lowest BCUT2D eigenvalue weighted by Gasteiger charge is -2.33. The van der Waals surface area contributed by atoms with Gasteiger partial charge in [-0.3, -0.25) is 24.1 Å². The van der Waals surface area contributed by atoms with Crippen LogP contribution in [0.5, 0.6) is 0 Å². The molecular weight excluding hydrogens is 561 g/mol. The van der Waals surface area contributed by atoms with Gasteiger partial charge in [-0.1, -0.05) is 78.7 Å². The summed E-state index contributed by atoms with van der Waals surface area (Å²) in [5.41, 5.74) is 2.16. The van der Waals surface area contributed by atoms with Gasteiger partial charge in [-0.05, 0) is 49.6 Å². The summed E-state index contributed by atoms with van der Waals surface area (Å²) in [6, 6.07) is 20.4. The van der Waals surface area contributed by atoms with Crippen LogP contribution in [-0.2, 0) is 22.6 Å². The van der Waals surface area contributed by atoms with Gasteiger partial charge in [0.15, 0.2) is 0 Å². The van der Waals surface area contributed by atoms with Crippen LogP contribution in [0.1, 0.15) is 65.0 Å². The maximum atomic E-state index is 13.9. The molecule has 214 valence electrons. The number of rotatable bonds is 12. The fourth-order valence-electron chi connectivity index (χ4n) is 4.82. The smallest absolute Gasteiger partial charge is 0.261 e. The van der Waals surface area contributed by atoms with E-state index in [1.54, 1.807) is 42.5 Å². The van der Waals surface area contributed by atoms with Crippen molar-refractivity contribution >= 4 is 46.8 Å². The first-order chi connectivity index (χ1) is 19.7. The molecular formula is C32H33Cl2N3O4. The van der Waals surface area contributed by atoms with E-state index >= 15 is 0 Å². The SMILES string of the molecule is CC[C@@H](C)NC(=O)[C@@H](Cc1ccccc1)N(Cc1c(Cl)cccc1Cl)C(=O)CCCN1C(=O)c2ccccc2C1=O. The molecule has 41 heavy (non-hydrogen) atoms. The van der Waals surface area contributed by atoms with E-state index in [4.69, 9.17) is 23.2 Å². The van der Waals surface area contributed by atoms with Gasteiger partial charge in [-0.15, -0.1) is 0 Å². The van der Waals surface area contributed by atoms with Crippen LogP contribution in [0.4, 0.5) is 0 Å². The number of carbonyl (C=O) groups is 4. The van der Waals surface area contributed by atoms with Gasteiger partial charge in [0.05, 0.1) is 11.1 Å². The van der Waals surface area contributed by atoms with Gasteiger partial charge in [0.1, 0.15) is 6.04 Å². The third-order valence-corrected chi connectivity index (χ3v) is 8.02. The van der Waals surface area contributed by atoms with Crippen LogP contribution in [0.3, 0.4) is 0 Å². The summed E-state index contributed by atoms with van der Waals surface area (Å²) in [6.45, 7) is 4.00. The van der Waals surface area contributed by atoms with Crippen molar-refractivity contribution in [2.24, 2.45) is 0 Å². The Morgan fingerprint density at radius 3 is 2.05 bits per heavy atom. The maximum absolute atomic E-state index is 13.9. The number of carbonyl (C=O) groups excluding carboxylic acids is 4. The van der Waals surface area contributed by atoms with E-state index in [1.807, 2.05) is 44.2 Å². The van der Waals surface area contributed by atoms with E-state index in [0.29, 0.717) is 26.7 Å². The summed E-state index contributed by atoms with van der Waals surface area (Å²) in [5.74, 6) is -1.32. The highest BCUT2D eigenvalue weighted by Crippen LogP contribution is 2.28. The van der Waals surface area contributed by atoms with Crippen LogP contribution < -0.4 is 5.32 Å². The van der Waals surface area contributed by atoms with Gasteiger partial charge < -0.3 is 10.2 Å². The molecule has 0 radical (unpaired) electrons. The average Bonchev–Trinajstić information content (AvgIpc) is 3.21. The summed E-state index contributed by atoms with van der Waals surface area (Å²) in [5, 5.41) is 3.81. The van der Waals surface area contributed by atoms with Crippen LogP contribution >= 0.6 is 23.2 Å². The normalized spacial score (nSPS) is 14.0. The molecule has 0 aliphatic carbocycles. The van der Waals surface area contributed by atoms with Gasteiger partial charge in [-0.25, -0.2) is 0 Å². The van der Waals surface area contributed by atoms with E-state index in [0.717, 1.165) is 12.0 Å². The first-order valence-corrected chi connectivity index (χ1v) is 14.5. The molecule has 0 spiro atoms. The molecule has 9 heteroatoms. The third-order valence-electron chi connectivity index (χ3n) is 7.31. The highest BCUT2D eigenvalue weighted by molar-refractivity contribution is 6.36. The van der Waals surface area contributed by atoms with Gasteiger partial charge >= 0.3 is 0 Å². The molecule has 0 fully saturated rings. The largest absolute Gasteiger partial charge is 0.352 e. The fourth-order valence-corrected chi connectivity index (χ4v) is 5.34. The van der Waals surface area contributed by atoms with E-state index in [1.165, 1.54) is 9.80 Å². The Morgan fingerprint density at radius 2 is 1.46 bits per heavy atom. The zero-order valence-corrected chi connectivity index (χ0v) is 24.6. The third kappa shape index (κ3) is 7.16. The quantitative estimate of drug-likeness (QED) is 0.264. The first-order valence-electron chi connectivity index (χ1n) is 13.7. The molecule has 7 nitrogen and oxygen atoms in total. The van der Waals surface area contributed by atoms with Gasteiger partial charge in [-0.2, -0.15) is 0 Å². The molecule has 0 aromatic heterocycles. The zero-order chi connectivity index (χ0) is 29.5. The average molecular weight is 595 g/mol. The number of hydrogen-bond acceptors (Lipinski definition) is 4. The van der Waals surface area contributed by atoms with E-state index in [-0.39, 0.29) is 62.0 Å². The highest BCUT2D eigenvalue weighted by Gasteiger charge is 2.36. The van der Waals surface area contributed by atoms with Gasteiger partial charge in [0.25, 0.3) is 11.8 Å². The van der Waals surface area contributed by atoms with Crippen molar-refractivity contribution in [3.63, 3.8) is 0 Å². The Balaban J connectivity index is 1.59. The topological polar surface area (TPSA) is 86.8 Å². The molecule has 0 saturated heterocycles. The Kier molecular flexibility index (Phi) is 10.2. The Hall–Kier alpha value is -3.68. The number of fused-ring (bicyclic) bond motifs is 1. The molecule has 4 rings (SSSR count). The van der Waals surface area contributed by atoms with Gasteiger partial charge in [0, 0.05) is 47.6 Å². The monoisotopic (exact) mass is 593 g/mol. The van der Waals surface area contributed by atoms with Gasteiger partial charge in [0.2, 0.25) is 11.8 Å². The molecule has 1 heterocycles. The second-order valence-corrected chi connectivity index (χ2v) is 11.0. The predicted molar refractivity (Wildman–Crippen MR) is 160 cm³/mol. The van der Waals surface area contributed by atoms with Crippen molar-refractivity contribution in [3.8, 4) is 0 Å². The number of halogens is 2. The predicted octanol–water partition coefficient (Wildman–Crippen LogP) is 5.92. The number of amides is 4. The summed E-state index contributed by atoms with van der Waals surface area (Å²) in [6.07, 6.45) is 1.27. The lowest BCUT2D eigenvalue weighted by Crippen LogP contribution is -2.52. The molecule has 0 bridgehead atoms. The minimum Gasteiger partial charge on any atom is -0.352 e. The first kappa shape index (κ1) is 30.3. The summed E-state index contributed by atoms with van der Waals surface area (Å²) in [7, 11) is 0. The molecule has 1 aliphatic heterocycles. The standard InChI is InChI=1S/C32H33Cl2N3O4/c1-3-21(2)35-30(39)28(19-22-11-5-4-6-12-22)37(20-25-26(33)15-9-16-27(25)34)29(38)17-10-18-36-31(40)23-13-7-8-14-24(23)32(36)41/h4-9,11-16,21,28H,3,10,17-20H2,1-2H3,(H,35,39)/t21-,28-/m1/s1. The van der Waals surface area contributed by atoms with E-state index in [2.05, 4.69) is 5.32 Å². The van der Waals surface area contributed by atoms with Crippen LogP contribution in [0.15, 0.2) is 72.8 Å².